The van der Waals surface area contributed by atoms with Gasteiger partial charge in [-0.25, -0.2) is 4.68 Å². The molecular weight excluding hydrogens is 300 g/mol. The number of carbonyl (C=O) groups excluding carboxylic acids is 1. The summed E-state index contributed by atoms with van der Waals surface area (Å²) in [5.41, 5.74) is 1.83. The zero-order valence-electron chi connectivity index (χ0n) is 12.0. The van der Waals surface area contributed by atoms with E-state index in [4.69, 9.17) is 4.42 Å². The molecule has 0 saturated heterocycles. The van der Waals surface area contributed by atoms with Crippen LogP contribution in [0, 0.1) is 6.92 Å². The van der Waals surface area contributed by atoms with Gasteiger partial charge in [-0.1, -0.05) is 41.6 Å². The lowest BCUT2D eigenvalue weighted by Gasteiger charge is -2.03. The van der Waals surface area contributed by atoms with Crippen molar-refractivity contribution in [3.05, 3.63) is 59.5 Å². The summed E-state index contributed by atoms with van der Waals surface area (Å²) in [7, 11) is 0. The number of Topliss-reactive ketones (excluding diaryl/α,β-unsaturated/α-hetero) is 1. The second-order valence-corrected chi connectivity index (χ2v) is 5.72. The minimum Gasteiger partial charge on any atom is -0.467 e. The van der Waals surface area contributed by atoms with Gasteiger partial charge in [-0.2, -0.15) is 0 Å². The fraction of sp³-hybridized carbons (Fsp3) is 0.200. The number of aromatic nitrogens is 4. The molecule has 2 heterocycles. The number of thioether (sulfide) groups is 1. The molecule has 7 heteroatoms. The third kappa shape index (κ3) is 3.43. The van der Waals surface area contributed by atoms with E-state index in [2.05, 4.69) is 15.5 Å². The average Bonchev–Trinajstić information content (AvgIpc) is 3.18. The van der Waals surface area contributed by atoms with E-state index in [1.54, 1.807) is 10.9 Å². The van der Waals surface area contributed by atoms with Gasteiger partial charge in [-0.05, 0) is 29.5 Å². The van der Waals surface area contributed by atoms with Gasteiger partial charge in [0.2, 0.25) is 5.16 Å². The fourth-order valence-electron chi connectivity index (χ4n) is 1.90. The summed E-state index contributed by atoms with van der Waals surface area (Å²) in [4.78, 5) is 12.2. The van der Waals surface area contributed by atoms with Crippen LogP contribution in [0.25, 0.3) is 0 Å². The van der Waals surface area contributed by atoms with Gasteiger partial charge < -0.3 is 4.42 Å². The molecule has 1 aromatic carbocycles. The van der Waals surface area contributed by atoms with Crippen molar-refractivity contribution in [1.82, 2.24) is 20.2 Å². The van der Waals surface area contributed by atoms with Crippen LogP contribution in [-0.4, -0.2) is 31.7 Å². The topological polar surface area (TPSA) is 73.8 Å². The van der Waals surface area contributed by atoms with Gasteiger partial charge in [0.05, 0.1) is 12.0 Å². The van der Waals surface area contributed by atoms with Gasteiger partial charge in [-0.15, -0.1) is 5.10 Å². The van der Waals surface area contributed by atoms with Crippen LogP contribution >= 0.6 is 11.8 Å². The van der Waals surface area contributed by atoms with E-state index in [-0.39, 0.29) is 5.78 Å². The Balaban J connectivity index is 1.63. The highest BCUT2D eigenvalue weighted by Gasteiger charge is 2.12. The maximum absolute atomic E-state index is 12.2. The van der Waals surface area contributed by atoms with Crippen molar-refractivity contribution < 1.29 is 9.21 Å². The third-order valence-corrected chi connectivity index (χ3v) is 4.05. The normalized spacial score (nSPS) is 10.8. The summed E-state index contributed by atoms with van der Waals surface area (Å²) in [6.07, 6.45) is 1.60. The van der Waals surface area contributed by atoms with Crippen molar-refractivity contribution in [2.45, 2.75) is 18.6 Å². The number of aryl methyl sites for hydroxylation is 1. The van der Waals surface area contributed by atoms with Crippen molar-refractivity contribution >= 4 is 17.5 Å². The molecule has 0 spiro atoms. The van der Waals surface area contributed by atoms with Gasteiger partial charge in [0, 0.05) is 5.56 Å². The summed E-state index contributed by atoms with van der Waals surface area (Å²) < 4.78 is 6.89. The van der Waals surface area contributed by atoms with Crippen LogP contribution in [0.4, 0.5) is 0 Å². The Kier molecular flexibility index (Phi) is 4.34. The molecule has 3 aromatic rings. The van der Waals surface area contributed by atoms with Crippen molar-refractivity contribution in [2.24, 2.45) is 0 Å². The zero-order valence-corrected chi connectivity index (χ0v) is 12.8. The molecule has 0 unspecified atom stereocenters. The van der Waals surface area contributed by atoms with Crippen LogP contribution < -0.4 is 0 Å². The largest absolute Gasteiger partial charge is 0.467 e. The first-order valence-corrected chi connectivity index (χ1v) is 7.72. The molecule has 0 radical (unpaired) electrons. The molecule has 112 valence electrons. The van der Waals surface area contributed by atoms with Gasteiger partial charge in [0.15, 0.2) is 5.78 Å². The number of hydrogen-bond donors (Lipinski definition) is 0. The molecule has 0 aliphatic rings. The van der Waals surface area contributed by atoms with E-state index in [1.807, 2.05) is 43.3 Å². The maximum Gasteiger partial charge on any atom is 0.210 e. The Morgan fingerprint density at radius 3 is 2.82 bits per heavy atom. The number of hydrogen-bond acceptors (Lipinski definition) is 6. The number of rotatable bonds is 6. The second-order valence-electron chi connectivity index (χ2n) is 4.78. The van der Waals surface area contributed by atoms with Gasteiger partial charge >= 0.3 is 0 Å². The molecule has 0 N–H and O–H groups in total. The predicted octanol–water partition coefficient (Wildman–Crippen LogP) is 2.60. The lowest BCUT2D eigenvalue weighted by atomic mass is 10.1. The van der Waals surface area contributed by atoms with Crippen molar-refractivity contribution in [2.75, 3.05) is 5.75 Å². The molecule has 0 fully saturated rings. The third-order valence-electron chi connectivity index (χ3n) is 3.09. The molecule has 0 atom stereocenters. The minimum absolute atomic E-state index is 0.0533. The summed E-state index contributed by atoms with van der Waals surface area (Å²) >= 11 is 1.32. The Bertz CT molecular complexity index is 750. The lowest BCUT2D eigenvalue weighted by molar-refractivity contribution is 0.102. The average molecular weight is 314 g/mol. The number of furan rings is 1. The van der Waals surface area contributed by atoms with E-state index in [0.717, 1.165) is 11.3 Å². The molecule has 0 bridgehead atoms. The van der Waals surface area contributed by atoms with Crippen LogP contribution in [0.1, 0.15) is 21.7 Å². The molecule has 0 aliphatic heterocycles. The molecule has 2 aromatic heterocycles. The summed E-state index contributed by atoms with van der Waals surface area (Å²) in [5.74, 6) is 1.11. The van der Waals surface area contributed by atoms with E-state index >= 15 is 0 Å². The van der Waals surface area contributed by atoms with Crippen LogP contribution in [0.5, 0.6) is 0 Å². The first-order valence-electron chi connectivity index (χ1n) is 6.73. The van der Waals surface area contributed by atoms with Crippen molar-refractivity contribution in [3.63, 3.8) is 0 Å². The van der Waals surface area contributed by atoms with E-state index in [9.17, 15) is 4.79 Å². The molecule has 3 rings (SSSR count). The highest BCUT2D eigenvalue weighted by molar-refractivity contribution is 7.99. The summed E-state index contributed by atoms with van der Waals surface area (Å²) in [5, 5.41) is 12.1. The second kappa shape index (κ2) is 6.57. The summed E-state index contributed by atoms with van der Waals surface area (Å²) in [6.45, 7) is 2.44. The van der Waals surface area contributed by atoms with Crippen LogP contribution in [-0.2, 0) is 6.54 Å². The highest BCUT2D eigenvalue weighted by atomic mass is 32.2. The van der Waals surface area contributed by atoms with Gasteiger partial charge in [-0.3, -0.25) is 4.79 Å². The Morgan fingerprint density at radius 2 is 2.09 bits per heavy atom. The SMILES string of the molecule is Cc1ccc(C(=O)CSc2nnnn2Cc2ccco2)cc1. The Morgan fingerprint density at radius 1 is 1.27 bits per heavy atom. The minimum atomic E-state index is 0.0533. The van der Waals surface area contributed by atoms with Crippen LogP contribution in [0.15, 0.2) is 52.2 Å². The number of nitrogens with zero attached hydrogens (tertiary/aromatic N) is 4. The molecule has 0 aliphatic carbocycles. The number of ketones is 1. The predicted molar refractivity (Wildman–Crippen MR) is 81.9 cm³/mol. The summed E-state index contributed by atoms with van der Waals surface area (Å²) in [6, 6.07) is 11.2. The van der Waals surface area contributed by atoms with Crippen LogP contribution in [0.2, 0.25) is 0 Å². The van der Waals surface area contributed by atoms with Gasteiger partial charge in [0.1, 0.15) is 12.3 Å². The van der Waals surface area contributed by atoms with E-state index < -0.39 is 0 Å². The smallest absolute Gasteiger partial charge is 0.210 e. The lowest BCUT2D eigenvalue weighted by Crippen LogP contribution is -2.06. The van der Waals surface area contributed by atoms with Crippen molar-refractivity contribution in [3.8, 4) is 0 Å². The maximum atomic E-state index is 12.2. The van der Waals surface area contributed by atoms with Crippen molar-refractivity contribution in [1.29, 1.82) is 0 Å². The molecule has 0 saturated carbocycles. The molecule has 6 nitrogen and oxygen atoms in total. The van der Waals surface area contributed by atoms with Gasteiger partial charge in [0.25, 0.3) is 0 Å². The molecular formula is C15H14N4O2S. The van der Waals surface area contributed by atoms with E-state index in [1.165, 1.54) is 11.8 Å². The highest BCUT2D eigenvalue weighted by Crippen LogP contribution is 2.17. The first-order chi connectivity index (χ1) is 10.7. The van der Waals surface area contributed by atoms with E-state index in [0.29, 0.717) is 23.0 Å². The fourth-order valence-corrected chi connectivity index (χ4v) is 2.67. The standard InChI is InChI=1S/C15H14N4O2S/c1-11-4-6-12(7-5-11)14(20)10-22-15-16-17-18-19(15)9-13-3-2-8-21-13/h2-8H,9-10H2,1H3. The van der Waals surface area contributed by atoms with Crippen LogP contribution in [0.3, 0.4) is 0 Å². The quantitative estimate of drug-likeness (QED) is 0.514. The molecule has 22 heavy (non-hydrogen) atoms. The number of benzene rings is 1. The first kappa shape index (κ1) is 14.5. The Labute approximate surface area is 131 Å². The molecule has 0 amide bonds. The monoisotopic (exact) mass is 314 g/mol. The Hall–Kier alpha value is -2.41. The number of tetrazole rings is 1. The number of carbonyl (C=O) groups is 1. The zero-order chi connectivity index (χ0) is 15.4.